The monoisotopic (exact) mass is 314 g/mol. The lowest BCUT2D eigenvalue weighted by molar-refractivity contribution is 0.262. The van der Waals surface area contributed by atoms with Gasteiger partial charge in [0.15, 0.2) is 5.82 Å². The minimum absolute atomic E-state index is 0.121. The number of benzene rings is 1. The molecule has 2 fully saturated rings. The molecule has 1 saturated carbocycles. The van der Waals surface area contributed by atoms with Gasteiger partial charge in [0.1, 0.15) is 5.82 Å². The van der Waals surface area contributed by atoms with Crippen LogP contribution in [0.25, 0.3) is 0 Å². The predicted octanol–water partition coefficient (Wildman–Crippen LogP) is 4.34. The molecule has 5 heteroatoms. The third kappa shape index (κ3) is 3.32. The number of hydrogen-bond donors (Lipinski definition) is 2. The van der Waals surface area contributed by atoms with Gasteiger partial charge in [0.25, 0.3) is 0 Å². The molecule has 0 radical (unpaired) electrons. The maximum absolute atomic E-state index is 14.0. The molecule has 2 nitrogen and oxygen atoms in total. The molecule has 21 heavy (non-hydrogen) atoms. The Bertz CT molecular complexity index is 480. The van der Waals surface area contributed by atoms with Gasteiger partial charge in [-0.05, 0) is 44.2 Å². The van der Waals surface area contributed by atoms with Crippen molar-refractivity contribution in [2.75, 3.05) is 11.9 Å². The van der Waals surface area contributed by atoms with E-state index in [0.717, 1.165) is 31.9 Å². The lowest BCUT2D eigenvalue weighted by Gasteiger charge is -2.37. The second-order valence-electron chi connectivity index (χ2n) is 6.15. The normalized spacial score (nSPS) is 29.6. The van der Waals surface area contributed by atoms with Crippen LogP contribution in [0.2, 0.25) is 5.02 Å². The van der Waals surface area contributed by atoms with E-state index in [1.54, 1.807) is 0 Å². The quantitative estimate of drug-likeness (QED) is 0.867. The van der Waals surface area contributed by atoms with Crippen molar-refractivity contribution in [1.82, 2.24) is 5.32 Å². The molecule has 3 atom stereocenters. The fourth-order valence-corrected chi connectivity index (χ4v) is 4.01. The van der Waals surface area contributed by atoms with Crippen molar-refractivity contribution in [2.45, 2.75) is 50.6 Å². The first kappa shape index (κ1) is 15.0. The van der Waals surface area contributed by atoms with Crippen LogP contribution in [0.4, 0.5) is 14.5 Å². The maximum atomic E-state index is 14.0. The summed E-state index contributed by atoms with van der Waals surface area (Å²) in [4.78, 5) is 0. The molecule has 1 heterocycles. The first-order valence-corrected chi connectivity index (χ1v) is 8.17. The SMILES string of the molecule is Fc1cc(F)c(NC2CCCCC2C2CCCN2)c(Cl)c1. The molecule has 1 aromatic rings. The summed E-state index contributed by atoms with van der Waals surface area (Å²) in [5.41, 5.74) is 0.243. The summed E-state index contributed by atoms with van der Waals surface area (Å²) < 4.78 is 27.1. The van der Waals surface area contributed by atoms with Gasteiger partial charge in [0.2, 0.25) is 0 Å². The minimum atomic E-state index is -0.638. The molecular formula is C16H21ClF2N2. The van der Waals surface area contributed by atoms with Crippen LogP contribution in [0.3, 0.4) is 0 Å². The van der Waals surface area contributed by atoms with E-state index in [9.17, 15) is 8.78 Å². The zero-order valence-electron chi connectivity index (χ0n) is 12.0. The molecular weight excluding hydrogens is 294 g/mol. The Labute approximate surface area is 129 Å². The van der Waals surface area contributed by atoms with Gasteiger partial charge >= 0.3 is 0 Å². The molecule has 3 unspecified atom stereocenters. The van der Waals surface area contributed by atoms with E-state index in [2.05, 4.69) is 10.6 Å². The van der Waals surface area contributed by atoms with Crippen molar-refractivity contribution in [2.24, 2.45) is 5.92 Å². The number of hydrogen-bond acceptors (Lipinski definition) is 2. The molecule has 2 aliphatic rings. The lowest BCUT2D eigenvalue weighted by Crippen LogP contribution is -2.43. The fourth-order valence-electron chi connectivity index (χ4n) is 3.76. The van der Waals surface area contributed by atoms with E-state index < -0.39 is 11.6 Å². The van der Waals surface area contributed by atoms with Gasteiger partial charge in [-0.3, -0.25) is 0 Å². The van der Waals surface area contributed by atoms with E-state index in [4.69, 9.17) is 11.6 Å². The van der Waals surface area contributed by atoms with Gasteiger partial charge in [0.05, 0.1) is 10.7 Å². The highest BCUT2D eigenvalue weighted by atomic mass is 35.5. The standard InChI is InChI=1S/C16H21ClF2N2/c17-12-8-10(18)9-13(19)16(12)21-15-5-2-1-4-11(15)14-6-3-7-20-14/h8-9,11,14-15,20-21H,1-7H2. The fraction of sp³-hybridized carbons (Fsp3) is 0.625. The summed E-state index contributed by atoms with van der Waals surface area (Å²) in [6.07, 6.45) is 6.91. The van der Waals surface area contributed by atoms with Crippen molar-refractivity contribution in [3.63, 3.8) is 0 Å². The predicted molar refractivity (Wildman–Crippen MR) is 81.8 cm³/mol. The molecule has 1 aromatic carbocycles. The Hall–Kier alpha value is -0.870. The van der Waals surface area contributed by atoms with Crippen molar-refractivity contribution in [1.29, 1.82) is 0 Å². The van der Waals surface area contributed by atoms with Gasteiger partial charge in [-0.15, -0.1) is 0 Å². The molecule has 2 N–H and O–H groups in total. The number of rotatable bonds is 3. The molecule has 1 saturated heterocycles. The topological polar surface area (TPSA) is 24.1 Å². The zero-order valence-corrected chi connectivity index (χ0v) is 12.7. The number of halogens is 3. The first-order chi connectivity index (χ1) is 10.1. The van der Waals surface area contributed by atoms with Crippen LogP contribution in [0.1, 0.15) is 38.5 Å². The summed E-state index contributed by atoms with van der Waals surface area (Å²) in [6, 6.07) is 2.76. The van der Waals surface area contributed by atoms with E-state index in [-0.39, 0.29) is 16.8 Å². The van der Waals surface area contributed by atoms with Gasteiger partial charge in [-0.25, -0.2) is 8.78 Å². The maximum Gasteiger partial charge on any atom is 0.150 e. The average molecular weight is 315 g/mol. The Morgan fingerprint density at radius 1 is 1.10 bits per heavy atom. The van der Waals surface area contributed by atoms with E-state index >= 15 is 0 Å². The van der Waals surface area contributed by atoms with E-state index in [1.807, 2.05) is 0 Å². The van der Waals surface area contributed by atoms with Crippen molar-refractivity contribution in [3.8, 4) is 0 Å². The van der Waals surface area contributed by atoms with Crippen LogP contribution in [0, 0.1) is 17.6 Å². The molecule has 1 aliphatic heterocycles. The number of nitrogens with one attached hydrogen (secondary N) is 2. The van der Waals surface area contributed by atoms with Crippen LogP contribution in [-0.2, 0) is 0 Å². The molecule has 0 amide bonds. The molecule has 0 spiro atoms. The minimum Gasteiger partial charge on any atom is -0.378 e. The highest BCUT2D eigenvalue weighted by Gasteiger charge is 2.33. The van der Waals surface area contributed by atoms with Gasteiger partial charge < -0.3 is 10.6 Å². The highest BCUT2D eigenvalue weighted by Crippen LogP contribution is 2.35. The second-order valence-corrected chi connectivity index (χ2v) is 6.55. The van der Waals surface area contributed by atoms with Crippen molar-refractivity contribution in [3.05, 3.63) is 28.8 Å². The van der Waals surface area contributed by atoms with Crippen LogP contribution in [0.15, 0.2) is 12.1 Å². The smallest absolute Gasteiger partial charge is 0.150 e. The molecule has 116 valence electrons. The third-order valence-electron chi connectivity index (χ3n) is 4.77. The zero-order chi connectivity index (χ0) is 14.8. The van der Waals surface area contributed by atoms with Crippen LogP contribution < -0.4 is 10.6 Å². The number of anilines is 1. The van der Waals surface area contributed by atoms with E-state index in [1.165, 1.54) is 25.3 Å². The highest BCUT2D eigenvalue weighted by molar-refractivity contribution is 6.33. The van der Waals surface area contributed by atoms with Crippen molar-refractivity contribution >= 4 is 17.3 Å². The van der Waals surface area contributed by atoms with Crippen LogP contribution in [-0.4, -0.2) is 18.6 Å². The average Bonchev–Trinajstić information content (AvgIpc) is 2.97. The Kier molecular flexibility index (Phi) is 4.65. The Balaban J connectivity index is 1.78. The molecule has 1 aliphatic carbocycles. The Morgan fingerprint density at radius 3 is 2.62 bits per heavy atom. The summed E-state index contributed by atoms with van der Waals surface area (Å²) in [7, 11) is 0. The Morgan fingerprint density at radius 2 is 1.90 bits per heavy atom. The van der Waals surface area contributed by atoms with Crippen LogP contribution >= 0.6 is 11.6 Å². The van der Waals surface area contributed by atoms with Gasteiger partial charge in [0, 0.05) is 18.2 Å². The van der Waals surface area contributed by atoms with Gasteiger partial charge in [-0.2, -0.15) is 0 Å². The molecule has 0 aromatic heterocycles. The summed E-state index contributed by atoms with van der Waals surface area (Å²) in [5, 5.41) is 6.93. The molecule has 0 bridgehead atoms. The van der Waals surface area contributed by atoms with Crippen molar-refractivity contribution < 1.29 is 8.78 Å². The second kappa shape index (κ2) is 6.49. The molecule has 3 rings (SSSR count). The van der Waals surface area contributed by atoms with E-state index in [0.29, 0.717) is 12.0 Å². The summed E-state index contributed by atoms with van der Waals surface area (Å²) >= 11 is 6.00. The summed E-state index contributed by atoms with van der Waals surface area (Å²) in [5.74, 6) is -0.758. The van der Waals surface area contributed by atoms with Gasteiger partial charge in [-0.1, -0.05) is 24.4 Å². The third-order valence-corrected chi connectivity index (χ3v) is 5.07. The van der Waals surface area contributed by atoms with Crippen LogP contribution in [0.5, 0.6) is 0 Å². The first-order valence-electron chi connectivity index (χ1n) is 7.79. The summed E-state index contributed by atoms with van der Waals surface area (Å²) in [6.45, 7) is 1.07. The lowest BCUT2D eigenvalue weighted by atomic mass is 9.79. The largest absolute Gasteiger partial charge is 0.378 e.